The Bertz CT molecular complexity index is 729. The van der Waals surface area contributed by atoms with Gasteiger partial charge in [-0.3, -0.25) is 4.99 Å². The molecule has 0 radical (unpaired) electrons. The summed E-state index contributed by atoms with van der Waals surface area (Å²) in [6.45, 7) is 3.95. The van der Waals surface area contributed by atoms with Crippen LogP contribution in [0.15, 0.2) is 55.2 Å². The van der Waals surface area contributed by atoms with E-state index in [9.17, 15) is 0 Å². The van der Waals surface area contributed by atoms with Crippen molar-refractivity contribution in [3.8, 4) is 0 Å². The second kappa shape index (κ2) is 7.20. The molecule has 0 amide bonds. The number of rotatable bonds is 4. The molecule has 1 N–H and O–H groups in total. The summed E-state index contributed by atoms with van der Waals surface area (Å²) in [6.07, 6.45) is 0. The highest BCUT2D eigenvalue weighted by atomic mass is 79.9. The van der Waals surface area contributed by atoms with E-state index in [4.69, 9.17) is 0 Å². The standard InChI is InChI=1S/C17H16Br2N2S/c1-11-2-3-13(18)8-12(11)10-22-16-5-4-14(19)9-15(16)17-20-6-7-21-17/h2-5,8-9H,6-7,10H2,1H3,(H,20,21). The summed E-state index contributed by atoms with van der Waals surface area (Å²) in [5.41, 5.74) is 3.87. The third-order valence-corrected chi connectivity index (χ3v) is 5.67. The van der Waals surface area contributed by atoms with Gasteiger partial charge in [0.15, 0.2) is 0 Å². The largest absolute Gasteiger partial charge is 0.368 e. The van der Waals surface area contributed by atoms with Gasteiger partial charge in [-0.1, -0.05) is 37.9 Å². The quantitative estimate of drug-likeness (QED) is 0.665. The number of hydrogen-bond acceptors (Lipinski definition) is 3. The van der Waals surface area contributed by atoms with Crippen molar-refractivity contribution in [1.82, 2.24) is 5.32 Å². The zero-order chi connectivity index (χ0) is 15.5. The zero-order valence-corrected chi connectivity index (χ0v) is 16.2. The summed E-state index contributed by atoms with van der Waals surface area (Å²) in [5.74, 6) is 1.96. The van der Waals surface area contributed by atoms with Crippen LogP contribution in [-0.2, 0) is 5.75 Å². The van der Waals surface area contributed by atoms with E-state index in [0.717, 1.165) is 33.6 Å². The van der Waals surface area contributed by atoms with Crippen LogP contribution < -0.4 is 5.32 Å². The van der Waals surface area contributed by atoms with Gasteiger partial charge in [0, 0.05) is 31.7 Å². The highest BCUT2D eigenvalue weighted by molar-refractivity contribution is 9.10. The van der Waals surface area contributed by atoms with Crippen LogP contribution in [0, 0.1) is 6.92 Å². The second-order valence-electron chi connectivity index (χ2n) is 5.16. The normalized spacial score (nSPS) is 13.9. The Morgan fingerprint density at radius 1 is 1.14 bits per heavy atom. The monoisotopic (exact) mass is 438 g/mol. The molecule has 0 bridgehead atoms. The van der Waals surface area contributed by atoms with Gasteiger partial charge in [0.1, 0.15) is 5.84 Å². The molecule has 0 unspecified atom stereocenters. The topological polar surface area (TPSA) is 24.4 Å². The summed E-state index contributed by atoms with van der Waals surface area (Å²) in [6, 6.07) is 12.9. The minimum Gasteiger partial charge on any atom is -0.368 e. The molecule has 2 aromatic rings. The van der Waals surface area contributed by atoms with Crippen LogP contribution in [0.2, 0.25) is 0 Å². The molecule has 1 aliphatic rings. The average Bonchev–Trinajstić information content (AvgIpc) is 3.03. The SMILES string of the molecule is Cc1ccc(Br)cc1CSc1ccc(Br)cc1C1=NCCN1. The fourth-order valence-corrected chi connectivity index (χ4v) is 4.21. The lowest BCUT2D eigenvalue weighted by Crippen LogP contribution is -2.20. The number of halogens is 2. The molecular formula is C17H16Br2N2S. The van der Waals surface area contributed by atoms with E-state index in [1.54, 1.807) is 0 Å². The Kier molecular flexibility index (Phi) is 5.26. The Balaban J connectivity index is 1.84. The van der Waals surface area contributed by atoms with Crippen molar-refractivity contribution in [3.63, 3.8) is 0 Å². The lowest BCUT2D eigenvalue weighted by molar-refractivity contribution is 0.959. The van der Waals surface area contributed by atoms with Crippen molar-refractivity contribution < 1.29 is 0 Å². The molecule has 0 fully saturated rings. The first-order valence-electron chi connectivity index (χ1n) is 7.09. The van der Waals surface area contributed by atoms with Gasteiger partial charge in [-0.15, -0.1) is 11.8 Å². The number of thioether (sulfide) groups is 1. The number of hydrogen-bond donors (Lipinski definition) is 1. The van der Waals surface area contributed by atoms with Crippen LogP contribution in [0.25, 0.3) is 0 Å². The van der Waals surface area contributed by atoms with Gasteiger partial charge in [-0.05, 0) is 48.4 Å². The highest BCUT2D eigenvalue weighted by Crippen LogP contribution is 2.31. The molecule has 0 saturated carbocycles. The first-order chi connectivity index (χ1) is 10.6. The van der Waals surface area contributed by atoms with Crippen molar-refractivity contribution in [2.45, 2.75) is 17.6 Å². The molecule has 0 spiro atoms. The van der Waals surface area contributed by atoms with Gasteiger partial charge in [0.05, 0.1) is 6.54 Å². The fraction of sp³-hybridized carbons (Fsp3) is 0.235. The molecule has 5 heteroatoms. The van der Waals surface area contributed by atoms with Crippen molar-refractivity contribution in [3.05, 3.63) is 62.0 Å². The number of aryl methyl sites for hydroxylation is 1. The minimum atomic E-state index is 0.858. The molecule has 2 aromatic carbocycles. The molecule has 3 rings (SSSR count). The summed E-state index contributed by atoms with van der Waals surface area (Å²) in [4.78, 5) is 5.82. The van der Waals surface area contributed by atoms with E-state index >= 15 is 0 Å². The molecule has 0 saturated heterocycles. The van der Waals surface area contributed by atoms with Crippen LogP contribution in [0.3, 0.4) is 0 Å². The lowest BCUT2D eigenvalue weighted by atomic mass is 10.1. The third-order valence-electron chi connectivity index (χ3n) is 3.57. The first kappa shape index (κ1) is 16.1. The molecule has 22 heavy (non-hydrogen) atoms. The molecule has 1 aliphatic heterocycles. The fourth-order valence-electron chi connectivity index (χ4n) is 2.34. The summed E-state index contributed by atoms with van der Waals surface area (Å²) >= 11 is 8.97. The van der Waals surface area contributed by atoms with Gasteiger partial charge in [0.2, 0.25) is 0 Å². The van der Waals surface area contributed by atoms with Crippen LogP contribution in [0.5, 0.6) is 0 Å². The Morgan fingerprint density at radius 2 is 1.91 bits per heavy atom. The highest BCUT2D eigenvalue weighted by Gasteiger charge is 2.14. The second-order valence-corrected chi connectivity index (χ2v) is 8.01. The predicted molar refractivity (Wildman–Crippen MR) is 102 cm³/mol. The van der Waals surface area contributed by atoms with Gasteiger partial charge in [-0.2, -0.15) is 0 Å². The number of nitrogens with one attached hydrogen (secondary N) is 1. The summed E-state index contributed by atoms with van der Waals surface area (Å²) in [7, 11) is 0. The van der Waals surface area contributed by atoms with Gasteiger partial charge < -0.3 is 5.32 Å². The van der Waals surface area contributed by atoms with E-state index in [1.807, 2.05) is 11.8 Å². The number of benzene rings is 2. The van der Waals surface area contributed by atoms with E-state index in [-0.39, 0.29) is 0 Å². The smallest absolute Gasteiger partial charge is 0.129 e. The van der Waals surface area contributed by atoms with Crippen LogP contribution in [0.1, 0.15) is 16.7 Å². The maximum Gasteiger partial charge on any atom is 0.129 e. The number of aliphatic imine (C=N–C) groups is 1. The van der Waals surface area contributed by atoms with Crippen LogP contribution in [0.4, 0.5) is 0 Å². The van der Waals surface area contributed by atoms with E-state index in [2.05, 4.69) is 85.5 Å². The lowest BCUT2D eigenvalue weighted by Gasteiger charge is -2.12. The molecule has 0 aromatic heterocycles. The number of amidine groups is 1. The Labute approximate surface area is 152 Å². The van der Waals surface area contributed by atoms with Crippen molar-refractivity contribution in [1.29, 1.82) is 0 Å². The molecular weight excluding hydrogens is 424 g/mol. The average molecular weight is 440 g/mol. The van der Waals surface area contributed by atoms with Crippen molar-refractivity contribution >= 4 is 49.5 Å². The van der Waals surface area contributed by atoms with Crippen LogP contribution >= 0.6 is 43.6 Å². The molecule has 2 nitrogen and oxygen atoms in total. The van der Waals surface area contributed by atoms with Crippen LogP contribution in [-0.4, -0.2) is 18.9 Å². The maximum atomic E-state index is 4.56. The maximum absolute atomic E-state index is 4.56. The molecule has 0 atom stereocenters. The van der Waals surface area contributed by atoms with Gasteiger partial charge in [0.25, 0.3) is 0 Å². The molecule has 0 aliphatic carbocycles. The zero-order valence-electron chi connectivity index (χ0n) is 12.2. The summed E-state index contributed by atoms with van der Waals surface area (Å²) < 4.78 is 2.22. The number of nitrogens with zero attached hydrogens (tertiary/aromatic N) is 1. The van der Waals surface area contributed by atoms with Crippen molar-refractivity contribution in [2.75, 3.05) is 13.1 Å². The Hall–Kier alpha value is -0.780. The molecule has 1 heterocycles. The van der Waals surface area contributed by atoms with E-state index in [0.29, 0.717) is 0 Å². The summed E-state index contributed by atoms with van der Waals surface area (Å²) in [5, 5.41) is 3.37. The van der Waals surface area contributed by atoms with Gasteiger partial charge >= 0.3 is 0 Å². The predicted octanol–water partition coefficient (Wildman–Crippen LogP) is 5.16. The van der Waals surface area contributed by atoms with E-state index < -0.39 is 0 Å². The van der Waals surface area contributed by atoms with Crippen molar-refractivity contribution in [2.24, 2.45) is 4.99 Å². The first-order valence-corrected chi connectivity index (χ1v) is 9.67. The molecule has 114 valence electrons. The van der Waals surface area contributed by atoms with E-state index in [1.165, 1.54) is 21.6 Å². The Morgan fingerprint density at radius 3 is 2.68 bits per heavy atom. The third kappa shape index (κ3) is 3.76. The minimum absolute atomic E-state index is 0.858. The van der Waals surface area contributed by atoms with Gasteiger partial charge in [-0.25, -0.2) is 0 Å².